The molecule has 0 rings (SSSR count). The summed E-state index contributed by atoms with van der Waals surface area (Å²) in [7, 11) is 0.450. The smallest absolute Gasteiger partial charge is 0.353 e. The van der Waals surface area contributed by atoms with Gasteiger partial charge in [-0.1, -0.05) is 6.08 Å². The van der Waals surface area contributed by atoms with E-state index < -0.39 is 19.5 Å². The molecular weight excluding hydrogens is 247 g/mol. The first-order chi connectivity index (χ1) is 7.90. The molecule has 0 radical (unpaired) electrons. The van der Waals surface area contributed by atoms with Crippen LogP contribution in [0.1, 0.15) is 13.3 Å². The van der Waals surface area contributed by atoms with Crippen molar-refractivity contribution in [1.82, 2.24) is 0 Å². The zero-order valence-corrected chi connectivity index (χ0v) is 11.2. The third kappa shape index (κ3) is 5.26. The summed E-state index contributed by atoms with van der Waals surface area (Å²) < 4.78 is 25.4. The Balaban J connectivity index is 4.61. The number of rotatable bonds is 7. The molecule has 0 aromatic carbocycles. The molecule has 0 aromatic heterocycles. The molecule has 6 nitrogen and oxygen atoms in total. The molecular formula is C10H17O6P. The molecule has 17 heavy (non-hydrogen) atoms. The first kappa shape index (κ1) is 16.0. The van der Waals surface area contributed by atoms with Crippen molar-refractivity contribution < 1.29 is 27.9 Å². The highest BCUT2D eigenvalue weighted by atomic mass is 31.2. The van der Waals surface area contributed by atoms with Gasteiger partial charge >= 0.3 is 13.6 Å². The molecule has 0 aromatic rings. The number of hydrogen-bond donors (Lipinski definition) is 0. The van der Waals surface area contributed by atoms with Crippen molar-refractivity contribution in [2.45, 2.75) is 13.3 Å². The molecule has 98 valence electrons. The van der Waals surface area contributed by atoms with Gasteiger partial charge in [0.05, 0.1) is 7.11 Å². The summed E-state index contributed by atoms with van der Waals surface area (Å²) in [5, 5.41) is 0. The molecule has 0 aliphatic heterocycles. The summed E-state index contributed by atoms with van der Waals surface area (Å²) in [6.07, 6.45) is 1.51. The van der Waals surface area contributed by atoms with Gasteiger partial charge in [0.25, 0.3) is 0 Å². The number of allylic oxidation sites excluding steroid dienone is 1. The van der Waals surface area contributed by atoms with Crippen molar-refractivity contribution in [3.63, 3.8) is 0 Å². The Morgan fingerprint density at radius 1 is 1.24 bits per heavy atom. The van der Waals surface area contributed by atoms with E-state index in [0.29, 0.717) is 0 Å². The van der Waals surface area contributed by atoms with Crippen LogP contribution in [0.5, 0.6) is 0 Å². The lowest BCUT2D eigenvalue weighted by Gasteiger charge is -2.10. The number of hydrogen-bond acceptors (Lipinski definition) is 6. The maximum atomic E-state index is 11.6. The fourth-order valence-electron chi connectivity index (χ4n) is 1.09. The van der Waals surface area contributed by atoms with Crippen LogP contribution < -0.4 is 0 Å². The number of ketones is 1. The maximum Gasteiger partial charge on any atom is 0.353 e. The van der Waals surface area contributed by atoms with E-state index >= 15 is 0 Å². The van der Waals surface area contributed by atoms with Crippen LogP contribution in [0.2, 0.25) is 0 Å². The van der Waals surface area contributed by atoms with Crippen LogP contribution in [0.3, 0.4) is 0 Å². The Bertz CT molecular complexity index is 341. The van der Waals surface area contributed by atoms with Crippen LogP contribution in [-0.2, 0) is 27.9 Å². The Morgan fingerprint density at radius 2 is 1.76 bits per heavy atom. The molecule has 0 bridgehead atoms. The number of esters is 1. The number of Topliss-reactive ketones (excluding diaryl/α,β-unsaturated/α-hetero) is 1. The van der Waals surface area contributed by atoms with Gasteiger partial charge in [0, 0.05) is 20.0 Å². The fourth-order valence-corrected chi connectivity index (χ4v) is 1.87. The second-order valence-electron chi connectivity index (χ2n) is 3.21. The lowest BCUT2D eigenvalue weighted by atomic mass is 10.0. The Kier molecular flexibility index (Phi) is 6.95. The van der Waals surface area contributed by atoms with Gasteiger partial charge in [-0.25, -0.2) is 0 Å². The molecule has 1 atom stereocenters. The van der Waals surface area contributed by atoms with E-state index in [1.165, 1.54) is 40.1 Å². The van der Waals surface area contributed by atoms with Gasteiger partial charge in [0.2, 0.25) is 0 Å². The van der Waals surface area contributed by atoms with E-state index in [4.69, 9.17) is 0 Å². The van der Waals surface area contributed by atoms with Gasteiger partial charge in [0.1, 0.15) is 11.7 Å². The van der Waals surface area contributed by atoms with E-state index in [-0.39, 0.29) is 12.2 Å². The quantitative estimate of drug-likeness (QED) is 0.396. The van der Waals surface area contributed by atoms with E-state index in [1.807, 2.05) is 0 Å². The zero-order chi connectivity index (χ0) is 13.5. The van der Waals surface area contributed by atoms with Crippen LogP contribution in [0.15, 0.2) is 11.9 Å². The summed E-state index contributed by atoms with van der Waals surface area (Å²) in [6, 6.07) is 0. The topological polar surface area (TPSA) is 78.9 Å². The monoisotopic (exact) mass is 264 g/mol. The molecule has 0 aliphatic rings. The average molecular weight is 264 g/mol. The summed E-state index contributed by atoms with van der Waals surface area (Å²) in [5.74, 6) is -0.609. The average Bonchev–Trinajstić information content (AvgIpc) is 2.33. The Labute approximate surface area is 100 Å². The standard InChI is InChI=1S/C10H17O6P/c1-8(11)9(10(12)14-2)6-5-7-17(13,15-3)16-4/h5,7,9H,6H2,1-4H3. The second-order valence-corrected chi connectivity index (χ2v) is 5.32. The summed E-state index contributed by atoms with van der Waals surface area (Å²) in [6.45, 7) is 1.29. The van der Waals surface area contributed by atoms with Gasteiger partial charge < -0.3 is 13.8 Å². The third-order valence-electron chi connectivity index (χ3n) is 2.15. The second kappa shape index (κ2) is 7.37. The fraction of sp³-hybridized carbons (Fsp3) is 0.600. The molecule has 7 heteroatoms. The van der Waals surface area contributed by atoms with Crippen molar-refractivity contribution in [3.8, 4) is 0 Å². The van der Waals surface area contributed by atoms with Crippen molar-refractivity contribution in [1.29, 1.82) is 0 Å². The lowest BCUT2D eigenvalue weighted by molar-refractivity contribution is -0.148. The summed E-state index contributed by atoms with van der Waals surface area (Å²) in [5.41, 5.74) is 0. The van der Waals surface area contributed by atoms with Crippen molar-refractivity contribution in [2.75, 3.05) is 21.3 Å². The molecule has 0 spiro atoms. The largest absolute Gasteiger partial charge is 0.468 e. The van der Waals surface area contributed by atoms with Crippen LogP contribution in [0.4, 0.5) is 0 Å². The first-order valence-corrected chi connectivity index (χ1v) is 6.48. The number of methoxy groups -OCH3 is 1. The third-order valence-corrected chi connectivity index (χ3v) is 3.74. The molecule has 1 unspecified atom stereocenters. The van der Waals surface area contributed by atoms with Crippen LogP contribution in [-0.4, -0.2) is 33.1 Å². The molecule has 0 heterocycles. The normalized spacial score (nSPS) is 13.6. The van der Waals surface area contributed by atoms with Gasteiger partial charge in [-0.05, 0) is 13.3 Å². The summed E-state index contributed by atoms with van der Waals surface area (Å²) in [4.78, 5) is 22.4. The molecule has 0 saturated heterocycles. The zero-order valence-electron chi connectivity index (χ0n) is 10.3. The molecule has 0 fully saturated rings. The number of carbonyl (C=O) groups is 2. The van der Waals surface area contributed by atoms with Crippen LogP contribution >= 0.6 is 7.60 Å². The predicted octanol–water partition coefficient (Wildman–Crippen LogP) is 1.75. The first-order valence-electron chi connectivity index (χ1n) is 4.87. The van der Waals surface area contributed by atoms with Crippen molar-refractivity contribution in [2.24, 2.45) is 5.92 Å². The Morgan fingerprint density at radius 3 is 2.12 bits per heavy atom. The molecule has 0 saturated carbocycles. The van der Waals surface area contributed by atoms with E-state index in [2.05, 4.69) is 13.8 Å². The highest BCUT2D eigenvalue weighted by molar-refractivity contribution is 7.57. The van der Waals surface area contributed by atoms with Crippen molar-refractivity contribution >= 4 is 19.3 Å². The molecule has 0 aliphatic carbocycles. The van der Waals surface area contributed by atoms with Crippen LogP contribution in [0, 0.1) is 5.92 Å². The highest BCUT2D eigenvalue weighted by Crippen LogP contribution is 2.48. The minimum Gasteiger partial charge on any atom is -0.468 e. The van der Waals surface area contributed by atoms with Gasteiger partial charge in [-0.3, -0.25) is 14.2 Å². The maximum absolute atomic E-state index is 11.6. The van der Waals surface area contributed by atoms with E-state index in [9.17, 15) is 14.2 Å². The summed E-state index contributed by atoms with van der Waals surface area (Å²) >= 11 is 0. The SMILES string of the molecule is COC(=O)C(CC=CP(=O)(OC)OC)C(C)=O. The molecule has 0 N–H and O–H groups in total. The van der Waals surface area contributed by atoms with Gasteiger partial charge in [0.15, 0.2) is 0 Å². The minimum absolute atomic E-state index is 0.0959. The van der Waals surface area contributed by atoms with E-state index in [1.54, 1.807) is 0 Å². The minimum atomic E-state index is -3.25. The lowest BCUT2D eigenvalue weighted by Crippen LogP contribution is -2.22. The molecule has 0 amide bonds. The highest BCUT2D eigenvalue weighted by Gasteiger charge is 2.23. The predicted molar refractivity (Wildman–Crippen MR) is 61.6 cm³/mol. The van der Waals surface area contributed by atoms with Gasteiger partial charge in [-0.2, -0.15) is 0 Å². The van der Waals surface area contributed by atoms with Crippen LogP contribution in [0.25, 0.3) is 0 Å². The number of carbonyl (C=O) groups excluding carboxylic acids is 2. The number of ether oxygens (including phenoxy) is 1. The van der Waals surface area contributed by atoms with Crippen molar-refractivity contribution in [3.05, 3.63) is 11.9 Å². The van der Waals surface area contributed by atoms with E-state index in [0.717, 1.165) is 0 Å². The van der Waals surface area contributed by atoms with Gasteiger partial charge in [-0.15, -0.1) is 0 Å². The Hall–Kier alpha value is -0.970.